The highest BCUT2D eigenvalue weighted by Crippen LogP contribution is 2.25. The zero-order valence-corrected chi connectivity index (χ0v) is 12.6. The van der Waals surface area contributed by atoms with Crippen LogP contribution in [-0.2, 0) is 25.3 Å². The van der Waals surface area contributed by atoms with Crippen LogP contribution in [0.4, 0.5) is 0 Å². The van der Waals surface area contributed by atoms with Crippen molar-refractivity contribution in [3.63, 3.8) is 0 Å². The highest BCUT2D eigenvalue weighted by atomic mass is 16.6. The van der Waals surface area contributed by atoms with E-state index >= 15 is 0 Å². The topological polar surface area (TPSA) is 61.1 Å². The Labute approximate surface area is 128 Å². The Morgan fingerprint density at radius 3 is 2.00 bits per heavy atom. The Morgan fingerprint density at radius 2 is 1.59 bits per heavy atom. The van der Waals surface area contributed by atoms with Crippen molar-refractivity contribution in [2.45, 2.75) is 12.5 Å². The second-order valence-electron chi connectivity index (χ2n) is 5.63. The molecule has 4 heterocycles. The monoisotopic (exact) mass is 295 g/mol. The van der Waals surface area contributed by atoms with E-state index in [0.29, 0.717) is 6.10 Å². The molecule has 1 saturated heterocycles. The first-order valence-electron chi connectivity index (χ1n) is 7.28. The zero-order valence-electron chi connectivity index (χ0n) is 12.6. The summed E-state index contributed by atoms with van der Waals surface area (Å²) in [7, 11) is 3.95. The van der Waals surface area contributed by atoms with Gasteiger partial charge >= 0.3 is 0 Å². The summed E-state index contributed by atoms with van der Waals surface area (Å²) in [5.41, 5.74) is 2.93. The van der Waals surface area contributed by atoms with Crippen molar-refractivity contribution in [2.75, 3.05) is 6.61 Å². The summed E-state index contributed by atoms with van der Waals surface area (Å²) >= 11 is 0. The predicted molar refractivity (Wildman–Crippen MR) is 82.1 cm³/mol. The van der Waals surface area contributed by atoms with E-state index < -0.39 is 0 Å². The van der Waals surface area contributed by atoms with Crippen molar-refractivity contribution in [1.82, 2.24) is 24.1 Å². The van der Waals surface area contributed by atoms with Gasteiger partial charge in [0.1, 0.15) is 11.4 Å². The fourth-order valence-electron chi connectivity index (χ4n) is 2.61. The third kappa shape index (κ3) is 2.42. The molecule has 6 nitrogen and oxygen atoms in total. The highest BCUT2D eigenvalue weighted by Gasteiger charge is 2.24. The molecular formula is C16H17N5O. The normalized spacial score (nSPS) is 16.9. The highest BCUT2D eigenvalue weighted by molar-refractivity contribution is 5.60. The second kappa shape index (κ2) is 5.06. The molecule has 1 aliphatic rings. The van der Waals surface area contributed by atoms with Gasteiger partial charge in [-0.25, -0.2) is 15.0 Å². The third-order valence-electron chi connectivity index (χ3n) is 3.85. The van der Waals surface area contributed by atoms with Crippen LogP contribution in [0.1, 0.15) is 5.56 Å². The molecule has 0 radical (unpaired) electrons. The summed E-state index contributed by atoms with van der Waals surface area (Å²) in [4.78, 5) is 13.6. The van der Waals surface area contributed by atoms with Crippen molar-refractivity contribution >= 4 is 0 Å². The number of nitrogens with zero attached hydrogens (tertiary/aromatic N) is 5. The quantitative estimate of drug-likeness (QED) is 0.689. The zero-order chi connectivity index (χ0) is 15.1. The fourth-order valence-corrected chi connectivity index (χ4v) is 2.61. The molecule has 22 heavy (non-hydrogen) atoms. The molecule has 1 aliphatic heterocycles. The third-order valence-corrected chi connectivity index (χ3v) is 3.85. The maximum absolute atomic E-state index is 5.36. The summed E-state index contributed by atoms with van der Waals surface area (Å²) in [5, 5.41) is 0. The lowest BCUT2D eigenvalue weighted by Gasteiger charge is -2.09. The van der Waals surface area contributed by atoms with Gasteiger partial charge in [-0.1, -0.05) is 0 Å². The number of ether oxygens (including phenoxy) is 1. The number of pyridine rings is 1. The first-order valence-corrected chi connectivity index (χ1v) is 7.28. The van der Waals surface area contributed by atoms with Gasteiger partial charge in [0, 0.05) is 45.3 Å². The summed E-state index contributed by atoms with van der Waals surface area (Å²) < 4.78 is 9.31. The van der Waals surface area contributed by atoms with Gasteiger partial charge in [0.2, 0.25) is 0 Å². The summed E-state index contributed by atoms with van der Waals surface area (Å²) in [6.45, 7) is 0.845. The van der Waals surface area contributed by atoms with Crippen molar-refractivity contribution in [2.24, 2.45) is 14.1 Å². The van der Waals surface area contributed by atoms with Gasteiger partial charge in [-0.2, -0.15) is 0 Å². The molecule has 0 spiro atoms. The standard InChI is InChI=1S/C16H17N5O/c1-20-5-3-17-15(20)13-8-11(7-12-10-22-12)9-14(19-13)16-18-4-6-21(16)2/h3-6,8-9,12H,7,10H2,1-2H3. The minimum atomic E-state index is 0.339. The molecule has 0 N–H and O–H groups in total. The van der Waals surface area contributed by atoms with Crippen LogP contribution in [0.25, 0.3) is 23.0 Å². The smallest absolute Gasteiger partial charge is 0.158 e. The van der Waals surface area contributed by atoms with Crippen LogP contribution in [0, 0.1) is 0 Å². The van der Waals surface area contributed by atoms with E-state index in [0.717, 1.165) is 36.1 Å². The molecule has 0 saturated carbocycles. The summed E-state index contributed by atoms with van der Waals surface area (Å²) in [6, 6.07) is 4.19. The molecule has 1 atom stereocenters. The number of aryl methyl sites for hydroxylation is 2. The number of epoxide rings is 1. The van der Waals surface area contributed by atoms with Crippen molar-refractivity contribution in [3.8, 4) is 23.0 Å². The average molecular weight is 295 g/mol. The molecule has 3 aromatic rings. The molecule has 3 aromatic heterocycles. The van der Waals surface area contributed by atoms with Crippen molar-refractivity contribution in [3.05, 3.63) is 42.5 Å². The minimum Gasteiger partial charge on any atom is -0.373 e. The number of hydrogen-bond acceptors (Lipinski definition) is 4. The Morgan fingerprint density at radius 1 is 1.05 bits per heavy atom. The molecular weight excluding hydrogens is 278 g/mol. The number of aromatic nitrogens is 5. The van der Waals surface area contributed by atoms with E-state index in [1.807, 2.05) is 35.6 Å². The molecule has 4 rings (SSSR count). The number of hydrogen-bond donors (Lipinski definition) is 0. The lowest BCUT2D eigenvalue weighted by molar-refractivity contribution is 0.407. The summed E-state index contributed by atoms with van der Waals surface area (Å²) in [5.74, 6) is 1.71. The van der Waals surface area contributed by atoms with Gasteiger partial charge in [-0.05, 0) is 17.7 Å². The van der Waals surface area contributed by atoms with E-state index in [4.69, 9.17) is 9.72 Å². The Balaban J connectivity index is 1.83. The van der Waals surface area contributed by atoms with Crippen LogP contribution in [0.15, 0.2) is 36.9 Å². The molecule has 0 aliphatic carbocycles. The minimum absolute atomic E-state index is 0.339. The lowest BCUT2D eigenvalue weighted by Crippen LogP contribution is -2.02. The lowest BCUT2D eigenvalue weighted by atomic mass is 10.1. The Kier molecular flexibility index (Phi) is 3.04. The van der Waals surface area contributed by atoms with E-state index in [9.17, 15) is 0 Å². The van der Waals surface area contributed by atoms with Crippen LogP contribution in [0.5, 0.6) is 0 Å². The maximum atomic E-state index is 5.36. The number of imidazole rings is 2. The summed E-state index contributed by atoms with van der Waals surface area (Å²) in [6.07, 6.45) is 8.66. The first kappa shape index (κ1) is 13.2. The van der Waals surface area contributed by atoms with Crippen molar-refractivity contribution in [1.29, 1.82) is 0 Å². The van der Waals surface area contributed by atoms with Gasteiger partial charge in [-0.15, -0.1) is 0 Å². The van der Waals surface area contributed by atoms with Gasteiger partial charge in [0.15, 0.2) is 11.6 Å². The van der Waals surface area contributed by atoms with E-state index in [2.05, 4.69) is 22.1 Å². The average Bonchev–Trinajstić information content (AvgIpc) is 3.03. The SMILES string of the molecule is Cn1ccnc1-c1cc(CC2CO2)cc(-c2nccn2C)n1. The molecule has 1 unspecified atom stereocenters. The molecule has 0 bridgehead atoms. The van der Waals surface area contributed by atoms with Gasteiger partial charge in [0.05, 0.1) is 12.7 Å². The van der Waals surface area contributed by atoms with E-state index in [-0.39, 0.29) is 0 Å². The maximum Gasteiger partial charge on any atom is 0.158 e. The molecule has 6 heteroatoms. The van der Waals surface area contributed by atoms with E-state index in [1.165, 1.54) is 5.56 Å². The molecule has 0 amide bonds. The van der Waals surface area contributed by atoms with Gasteiger partial charge in [0.25, 0.3) is 0 Å². The van der Waals surface area contributed by atoms with Gasteiger partial charge < -0.3 is 13.9 Å². The largest absolute Gasteiger partial charge is 0.373 e. The van der Waals surface area contributed by atoms with E-state index in [1.54, 1.807) is 12.4 Å². The van der Waals surface area contributed by atoms with Crippen molar-refractivity contribution < 1.29 is 4.74 Å². The molecule has 1 fully saturated rings. The Bertz CT molecular complexity index is 757. The van der Waals surface area contributed by atoms with Crippen LogP contribution in [0.3, 0.4) is 0 Å². The Hall–Kier alpha value is -2.47. The predicted octanol–water partition coefficient (Wildman–Crippen LogP) is 1.82. The van der Waals surface area contributed by atoms with Crippen LogP contribution < -0.4 is 0 Å². The molecule has 0 aromatic carbocycles. The first-order chi connectivity index (χ1) is 10.7. The van der Waals surface area contributed by atoms with Gasteiger partial charge in [-0.3, -0.25) is 0 Å². The fraction of sp³-hybridized carbons (Fsp3) is 0.312. The number of rotatable bonds is 4. The van der Waals surface area contributed by atoms with Crippen LogP contribution in [-0.4, -0.2) is 36.8 Å². The second-order valence-corrected chi connectivity index (χ2v) is 5.63. The van der Waals surface area contributed by atoms with Crippen LogP contribution >= 0.6 is 0 Å². The van der Waals surface area contributed by atoms with Crippen LogP contribution in [0.2, 0.25) is 0 Å². The molecule has 112 valence electrons.